The van der Waals surface area contributed by atoms with Gasteiger partial charge in [-0.2, -0.15) is 13.2 Å². The Bertz CT molecular complexity index is 1000. The van der Waals surface area contributed by atoms with Gasteiger partial charge in [0.1, 0.15) is 11.3 Å². The number of alkyl halides is 3. The Labute approximate surface area is 182 Å². The quantitative estimate of drug-likeness (QED) is 0.512. The molecule has 0 saturated heterocycles. The number of carbonyl (C=O) groups is 1. The van der Waals surface area contributed by atoms with Crippen LogP contribution < -0.4 is 5.56 Å². The molecule has 0 spiro atoms. The minimum absolute atomic E-state index is 0. The molecule has 146 valence electrons. The van der Waals surface area contributed by atoms with Gasteiger partial charge in [0.2, 0.25) is 0 Å². The number of ketones is 1. The molecule has 0 aliphatic heterocycles. The van der Waals surface area contributed by atoms with Crippen LogP contribution in [0.25, 0.3) is 16.6 Å². The van der Waals surface area contributed by atoms with Crippen molar-refractivity contribution in [1.29, 1.82) is 0 Å². The number of fused-ring (bicyclic) bond motifs is 1. The average Bonchev–Trinajstić information content (AvgIpc) is 2.55. The molecule has 6 nitrogen and oxygen atoms in total. The molecule has 0 aliphatic carbocycles. The Kier molecular flexibility index (Phi) is 8.74. The number of benzene rings is 2. The number of nitrogens with zero attached hydrogens (tertiary/aromatic N) is 1. The number of pyridine rings is 1. The van der Waals surface area contributed by atoms with E-state index in [1.54, 1.807) is 24.3 Å². The number of Topliss-reactive ketones (excluding diaryl/α,β-unsaturated/α-hetero) is 1. The summed E-state index contributed by atoms with van der Waals surface area (Å²) in [5, 5.41) is 10.1. The molecule has 27 heavy (non-hydrogen) atoms. The van der Waals surface area contributed by atoms with E-state index in [1.807, 2.05) is 0 Å². The number of para-hydroxylation sites is 2. The smallest absolute Gasteiger partial charge is 0.455 e. The van der Waals surface area contributed by atoms with Gasteiger partial charge in [-0.25, -0.2) is 0 Å². The second-order valence-electron chi connectivity index (χ2n) is 5.04. The molecular weight excluding hydrogens is 512 g/mol. The molecule has 10 heteroatoms. The van der Waals surface area contributed by atoms with Crippen molar-refractivity contribution in [2.24, 2.45) is 0 Å². The number of halogens is 3. The van der Waals surface area contributed by atoms with Crippen LogP contribution in [-0.2, 0) is 0 Å². The minimum Gasteiger partial charge on any atom is -0.506 e. The maximum Gasteiger partial charge on any atom is 0.455 e. The normalized spacial score (nSPS) is 10.3. The molecule has 2 aromatic carbocycles. The monoisotopic (exact) mass is 527 g/mol. The summed E-state index contributed by atoms with van der Waals surface area (Å²) in [5.74, 6) is -3.34. The van der Waals surface area contributed by atoms with Crippen LogP contribution in [0.3, 0.4) is 0 Å². The van der Waals surface area contributed by atoms with Crippen LogP contribution in [0.5, 0.6) is 5.75 Å². The first-order chi connectivity index (χ1) is 11.3. The summed E-state index contributed by atoms with van der Waals surface area (Å²) in [5.41, 5.74) is -2.02. The van der Waals surface area contributed by atoms with Crippen molar-refractivity contribution >= 4 is 16.7 Å². The largest absolute Gasteiger partial charge is 0.506 e. The zero-order chi connectivity index (χ0) is 17.5. The first-order valence-electron chi connectivity index (χ1n) is 6.86. The van der Waals surface area contributed by atoms with Crippen molar-refractivity contribution < 1.29 is 74.0 Å². The number of rotatable bonds is 2. The van der Waals surface area contributed by atoms with Crippen LogP contribution in [0.15, 0.2) is 59.4 Å². The first kappa shape index (κ1) is 25.2. The van der Waals surface area contributed by atoms with Gasteiger partial charge in [0.25, 0.3) is 11.3 Å². The molecule has 0 amide bonds. The molecule has 5 N–H and O–H groups in total. The number of aromatic nitrogens is 1. The zero-order valence-electron chi connectivity index (χ0n) is 13.4. The van der Waals surface area contributed by atoms with Crippen molar-refractivity contribution in [3.8, 4) is 11.4 Å². The third-order valence-electron chi connectivity index (χ3n) is 3.55. The van der Waals surface area contributed by atoms with E-state index >= 15 is 0 Å². The summed E-state index contributed by atoms with van der Waals surface area (Å²) in [4.78, 5) is 24.2. The molecule has 1 heterocycles. The molecule has 0 saturated carbocycles. The first-order valence-corrected chi connectivity index (χ1v) is 6.86. The standard InChI is InChI=1S/C17H10F3NO3.Gd.2H2O/c18-17(19,20)15(23)13-14(22)11-8-4-5-9-12(11)21(16(13)24)10-6-2-1-3-7-10;;;/h1-9,22H;;2*1H2. The van der Waals surface area contributed by atoms with E-state index in [1.165, 1.54) is 30.3 Å². The average molecular weight is 527 g/mol. The maximum atomic E-state index is 12.8. The van der Waals surface area contributed by atoms with Gasteiger partial charge in [-0.1, -0.05) is 30.3 Å². The van der Waals surface area contributed by atoms with Crippen molar-refractivity contribution in [1.82, 2.24) is 4.57 Å². The molecule has 3 aromatic rings. The fraction of sp³-hybridized carbons (Fsp3) is 0.0588. The summed E-state index contributed by atoms with van der Waals surface area (Å²) >= 11 is 0. The third-order valence-corrected chi connectivity index (χ3v) is 3.55. The maximum absolute atomic E-state index is 12.8. The summed E-state index contributed by atoms with van der Waals surface area (Å²) in [7, 11) is 0. The van der Waals surface area contributed by atoms with Gasteiger partial charge < -0.3 is 16.1 Å². The van der Waals surface area contributed by atoms with Gasteiger partial charge in [0, 0.05) is 51.0 Å². The number of carbonyl (C=O) groups excluding carboxylic acids is 1. The summed E-state index contributed by atoms with van der Waals surface area (Å²) in [6.45, 7) is 0. The van der Waals surface area contributed by atoms with Crippen molar-refractivity contribution in [2.45, 2.75) is 6.18 Å². The fourth-order valence-corrected chi connectivity index (χ4v) is 2.51. The topological polar surface area (TPSA) is 122 Å². The Morgan fingerprint density at radius 3 is 2.00 bits per heavy atom. The van der Waals surface area contributed by atoms with Crippen LogP contribution in [0, 0.1) is 39.9 Å². The van der Waals surface area contributed by atoms with Crippen LogP contribution in [-0.4, -0.2) is 32.6 Å². The summed E-state index contributed by atoms with van der Waals surface area (Å²) in [6, 6.07) is 13.8. The summed E-state index contributed by atoms with van der Waals surface area (Å²) < 4.78 is 39.4. The van der Waals surface area contributed by atoms with Gasteiger partial charge in [-0.05, 0) is 24.3 Å². The van der Waals surface area contributed by atoms with E-state index in [0.717, 1.165) is 4.57 Å². The fourth-order valence-electron chi connectivity index (χ4n) is 2.51. The van der Waals surface area contributed by atoms with Gasteiger partial charge in [-0.3, -0.25) is 14.2 Å². The van der Waals surface area contributed by atoms with Gasteiger partial charge in [-0.15, -0.1) is 0 Å². The molecule has 0 bridgehead atoms. The number of aromatic hydroxyl groups is 1. The van der Waals surface area contributed by atoms with E-state index in [4.69, 9.17) is 0 Å². The van der Waals surface area contributed by atoms with E-state index in [-0.39, 0.29) is 67.5 Å². The molecule has 0 aliphatic rings. The van der Waals surface area contributed by atoms with Crippen molar-refractivity contribution in [3.63, 3.8) is 0 Å². The van der Waals surface area contributed by atoms with E-state index < -0.39 is 28.8 Å². The molecule has 0 atom stereocenters. The molecular formula is C17H14F3GdNO5. The van der Waals surface area contributed by atoms with E-state index in [9.17, 15) is 27.9 Å². The van der Waals surface area contributed by atoms with Crippen LogP contribution in [0.2, 0.25) is 0 Å². The van der Waals surface area contributed by atoms with Crippen molar-refractivity contribution in [2.75, 3.05) is 0 Å². The van der Waals surface area contributed by atoms with Gasteiger partial charge in [0.05, 0.1) is 5.52 Å². The Morgan fingerprint density at radius 2 is 1.44 bits per heavy atom. The zero-order valence-corrected chi connectivity index (χ0v) is 15.7. The van der Waals surface area contributed by atoms with Crippen LogP contribution >= 0.6 is 0 Å². The second kappa shape index (κ2) is 9.38. The third kappa shape index (κ3) is 4.53. The van der Waals surface area contributed by atoms with Crippen LogP contribution in [0.4, 0.5) is 13.2 Å². The predicted molar refractivity (Wildman–Crippen MR) is 88.8 cm³/mol. The van der Waals surface area contributed by atoms with Crippen LogP contribution in [0.1, 0.15) is 10.4 Å². The van der Waals surface area contributed by atoms with Gasteiger partial charge in [0.15, 0.2) is 0 Å². The SMILES string of the molecule is O.O.O=C(c1c(O)c2ccccc2n(-c2ccccc2)c1=O)C(F)(F)F.[Gd]. The Hall–Kier alpha value is -1.85. The molecule has 0 radical (unpaired) electrons. The minimum atomic E-state index is -5.27. The summed E-state index contributed by atoms with van der Waals surface area (Å²) in [6.07, 6.45) is -5.27. The van der Waals surface area contributed by atoms with E-state index in [2.05, 4.69) is 0 Å². The Morgan fingerprint density at radius 1 is 0.926 bits per heavy atom. The number of hydrogen-bond donors (Lipinski definition) is 1. The molecule has 0 unspecified atom stereocenters. The van der Waals surface area contributed by atoms with Gasteiger partial charge >= 0.3 is 6.18 Å². The van der Waals surface area contributed by atoms with Crippen molar-refractivity contribution in [3.05, 3.63) is 70.5 Å². The molecule has 3 rings (SSSR count). The predicted octanol–water partition coefficient (Wildman–Crippen LogP) is 1.79. The number of hydrogen-bond acceptors (Lipinski definition) is 3. The Balaban J connectivity index is 0.00000225. The molecule has 1 aromatic heterocycles. The second-order valence-corrected chi connectivity index (χ2v) is 5.04. The van der Waals surface area contributed by atoms with E-state index in [0.29, 0.717) is 0 Å². The molecule has 0 fully saturated rings.